The Labute approximate surface area is 133 Å². The highest BCUT2D eigenvalue weighted by molar-refractivity contribution is 6.05. The topological polar surface area (TPSA) is 81.9 Å². The van der Waals surface area contributed by atoms with Crippen molar-refractivity contribution in [1.82, 2.24) is 19.7 Å². The first-order valence-corrected chi connectivity index (χ1v) is 6.97. The van der Waals surface area contributed by atoms with Crippen molar-refractivity contribution < 1.29 is 9.53 Å². The van der Waals surface area contributed by atoms with Crippen LogP contribution in [0, 0.1) is 0 Å². The van der Waals surface area contributed by atoms with Gasteiger partial charge in [-0.3, -0.25) is 4.79 Å². The summed E-state index contributed by atoms with van der Waals surface area (Å²) in [5.41, 5.74) is 2.12. The number of methoxy groups -OCH3 is 1. The van der Waals surface area contributed by atoms with E-state index in [4.69, 9.17) is 4.74 Å². The normalized spacial score (nSPS) is 10.5. The number of benzene rings is 1. The van der Waals surface area contributed by atoms with Crippen molar-refractivity contribution in [3.63, 3.8) is 0 Å². The van der Waals surface area contributed by atoms with Crippen LogP contribution in [0.5, 0.6) is 0 Å². The van der Waals surface area contributed by atoms with E-state index in [1.807, 2.05) is 12.1 Å². The van der Waals surface area contributed by atoms with Crippen LogP contribution in [0.4, 0.5) is 5.69 Å². The first-order chi connectivity index (χ1) is 11.3. The van der Waals surface area contributed by atoms with Gasteiger partial charge in [-0.1, -0.05) is 12.1 Å². The average molecular weight is 309 g/mol. The van der Waals surface area contributed by atoms with Gasteiger partial charge in [-0.2, -0.15) is 5.10 Å². The fourth-order valence-electron chi connectivity index (χ4n) is 2.11. The first kappa shape index (κ1) is 14.9. The summed E-state index contributed by atoms with van der Waals surface area (Å²) in [6.07, 6.45) is 4.57. The summed E-state index contributed by atoms with van der Waals surface area (Å²) < 4.78 is 6.55. The van der Waals surface area contributed by atoms with E-state index in [0.717, 1.165) is 5.56 Å². The van der Waals surface area contributed by atoms with Crippen LogP contribution in [-0.4, -0.2) is 32.8 Å². The summed E-state index contributed by atoms with van der Waals surface area (Å²) in [6.45, 7) is 0.515. The molecule has 2 heterocycles. The van der Waals surface area contributed by atoms with E-state index in [2.05, 4.69) is 20.4 Å². The molecule has 1 N–H and O–H groups in total. The van der Waals surface area contributed by atoms with Crippen molar-refractivity contribution in [2.24, 2.45) is 0 Å². The predicted octanol–water partition coefficient (Wildman–Crippen LogP) is 2.06. The minimum atomic E-state index is -0.219. The number of amides is 1. The molecule has 1 amide bonds. The molecule has 0 aliphatic carbocycles. The summed E-state index contributed by atoms with van der Waals surface area (Å²) >= 11 is 0. The molecule has 0 bridgehead atoms. The Balaban J connectivity index is 1.81. The van der Waals surface area contributed by atoms with Gasteiger partial charge in [0.1, 0.15) is 12.7 Å². The van der Waals surface area contributed by atoms with Gasteiger partial charge in [0.15, 0.2) is 5.82 Å². The Kier molecular flexibility index (Phi) is 4.39. The maximum absolute atomic E-state index is 12.4. The van der Waals surface area contributed by atoms with Crippen LogP contribution >= 0.6 is 0 Å². The van der Waals surface area contributed by atoms with E-state index in [1.54, 1.807) is 37.6 Å². The molecule has 0 unspecified atom stereocenters. The van der Waals surface area contributed by atoms with Gasteiger partial charge in [-0.05, 0) is 29.8 Å². The molecule has 0 spiro atoms. The molecule has 0 aliphatic heterocycles. The molecule has 3 aromatic rings. The maximum atomic E-state index is 12.4. The zero-order chi connectivity index (χ0) is 16.1. The summed E-state index contributed by atoms with van der Waals surface area (Å²) in [5.74, 6) is 0.290. The molecule has 0 fully saturated rings. The number of aromatic nitrogens is 4. The molecule has 0 aliphatic rings. The number of ether oxygens (including phenoxy) is 1. The molecular weight excluding hydrogens is 294 g/mol. The molecule has 7 heteroatoms. The number of pyridine rings is 1. The molecule has 0 atom stereocenters. The third kappa shape index (κ3) is 3.41. The minimum Gasteiger partial charge on any atom is -0.380 e. The minimum absolute atomic E-state index is 0.219. The van der Waals surface area contributed by atoms with Gasteiger partial charge in [0, 0.05) is 18.9 Å². The summed E-state index contributed by atoms with van der Waals surface area (Å²) in [7, 11) is 1.63. The maximum Gasteiger partial charge on any atom is 0.255 e. The second-order valence-corrected chi connectivity index (χ2v) is 4.80. The average Bonchev–Trinajstić information content (AvgIpc) is 3.10. The van der Waals surface area contributed by atoms with E-state index in [9.17, 15) is 4.79 Å². The van der Waals surface area contributed by atoms with Crippen molar-refractivity contribution in [3.8, 4) is 5.82 Å². The van der Waals surface area contributed by atoms with Crippen molar-refractivity contribution >= 4 is 11.6 Å². The smallest absolute Gasteiger partial charge is 0.255 e. The van der Waals surface area contributed by atoms with E-state index in [1.165, 1.54) is 17.3 Å². The van der Waals surface area contributed by atoms with Gasteiger partial charge in [0.25, 0.3) is 5.91 Å². The second kappa shape index (κ2) is 6.80. The highest BCUT2D eigenvalue weighted by atomic mass is 16.5. The molecule has 3 rings (SSSR count). The fourth-order valence-corrected chi connectivity index (χ4v) is 2.11. The number of nitrogens with zero attached hydrogens (tertiary/aromatic N) is 4. The molecule has 23 heavy (non-hydrogen) atoms. The lowest BCUT2D eigenvalue weighted by molar-refractivity contribution is 0.102. The van der Waals surface area contributed by atoms with Crippen molar-refractivity contribution in [2.75, 3.05) is 12.4 Å². The van der Waals surface area contributed by atoms with Gasteiger partial charge in [-0.15, -0.1) is 0 Å². The Hall–Kier alpha value is -3.06. The monoisotopic (exact) mass is 309 g/mol. The van der Waals surface area contributed by atoms with E-state index in [-0.39, 0.29) is 5.91 Å². The van der Waals surface area contributed by atoms with Crippen LogP contribution in [0.3, 0.4) is 0 Å². The van der Waals surface area contributed by atoms with Crippen LogP contribution < -0.4 is 5.32 Å². The SMILES string of the molecule is COCc1ccc(C(=O)Nc2cccnc2-n2cncn2)cc1. The highest BCUT2D eigenvalue weighted by Crippen LogP contribution is 2.17. The number of carbonyl (C=O) groups excluding carboxylic acids is 1. The summed E-state index contributed by atoms with van der Waals surface area (Å²) in [6, 6.07) is 10.8. The van der Waals surface area contributed by atoms with E-state index >= 15 is 0 Å². The number of anilines is 1. The number of hydrogen-bond donors (Lipinski definition) is 1. The quantitative estimate of drug-likeness (QED) is 0.780. The van der Waals surface area contributed by atoms with Crippen LogP contribution in [-0.2, 0) is 11.3 Å². The number of hydrogen-bond acceptors (Lipinski definition) is 5. The Morgan fingerprint density at radius 1 is 1.26 bits per heavy atom. The third-order valence-corrected chi connectivity index (χ3v) is 3.20. The van der Waals surface area contributed by atoms with Crippen LogP contribution in [0.1, 0.15) is 15.9 Å². The van der Waals surface area contributed by atoms with E-state index < -0.39 is 0 Å². The highest BCUT2D eigenvalue weighted by Gasteiger charge is 2.11. The van der Waals surface area contributed by atoms with Gasteiger partial charge < -0.3 is 10.1 Å². The molecule has 0 saturated carbocycles. The Bertz CT molecular complexity index is 784. The molecule has 2 aromatic heterocycles. The molecule has 116 valence electrons. The van der Waals surface area contributed by atoms with Gasteiger partial charge in [0.05, 0.1) is 12.3 Å². The largest absolute Gasteiger partial charge is 0.380 e. The second-order valence-electron chi connectivity index (χ2n) is 4.80. The van der Waals surface area contributed by atoms with Crippen LogP contribution in [0.15, 0.2) is 55.2 Å². The van der Waals surface area contributed by atoms with Gasteiger partial charge in [0.2, 0.25) is 0 Å². The molecule has 7 nitrogen and oxygen atoms in total. The summed E-state index contributed by atoms with van der Waals surface area (Å²) in [5, 5.41) is 6.88. The predicted molar refractivity (Wildman–Crippen MR) is 84.3 cm³/mol. The Morgan fingerprint density at radius 2 is 2.09 bits per heavy atom. The lowest BCUT2D eigenvalue weighted by Gasteiger charge is -2.10. The zero-order valence-corrected chi connectivity index (χ0v) is 12.5. The van der Waals surface area contributed by atoms with Crippen LogP contribution in [0.2, 0.25) is 0 Å². The van der Waals surface area contributed by atoms with Crippen molar-refractivity contribution in [1.29, 1.82) is 0 Å². The fraction of sp³-hybridized carbons (Fsp3) is 0.125. The molecule has 0 saturated heterocycles. The standard InChI is InChI=1S/C16H15N5O2/c1-23-9-12-4-6-13(7-5-12)16(22)20-14-3-2-8-18-15(14)21-11-17-10-19-21/h2-8,10-11H,9H2,1H3,(H,20,22). The molecular formula is C16H15N5O2. The first-order valence-electron chi connectivity index (χ1n) is 6.97. The summed E-state index contributed by atoms with van der Waals surface area (Å²) in [4.78, 5) is 20.5. The molecule has 1 aromatic carbocycles. The van der Waals surface area contributed by atoms with E-state index in [0.29, 0.717) is 23.7 Å². The van der Waals surface area contributed by atoms with Crippen molar-refractivity contribution in [3.05, 3.63) is 66.4 Å². The van der Waals surface area contributed by atoms with Crippen LogP contribution in [0.25, 0.3) is 5.82 Å². The number of carbonyl (C=O) groups is 1. The zero-order valence-electron chi connectivity index (χ0n) is 12.5. The van der Waals surface area contributed by atoms with Crippen molar-refractivity contribution in [2.45, 2.75) is 6.61 Å². The van der Waals surface area contributed by atoms with Gasteiger partial charge >= 0.3 is 0 Å². The Morgan fingerprint density at radius 3 is 2.78 bits per heavy atom. The lowest BCUT2D eigenvalue weighted by Crippen LogP contribution is -2.14. The molecule has 0 radical (unpaired) electrons. The third-order valence-electron chi connectivity index (χ3n) is 3.20. The van der Waals surface area contributed by atoms with Gasteiger partial charge in [-0.25, -0.2) is 14.6 Å². The lowest BCUT2D eigenvalue weighted by atomic mass is 10.1. The number of rotatable bonds is 5. The number of nitrogens with one attached hydrogen (secondary N) is 1.